The Balaban J connectivity index is 1.49. The van der Waals surface area contributed by atoms with Crippen molar-refractivity contribution in [2.75, 3.05) is 12.4 Å². The van der Waals surface area contributed by atoms with Crippen LogP contribution < -0.4 is 10.1 Å². The van der Waals surface area contributed by atoms with Crippen LogP contribution in [0.3, 0.4) is 0 Å². The van der Waals surface area contributed by atoms with Crippen LogP contribution in [0.1, 0.15) is 37.2 Å². The van der Waals surface area contributed by atoms with Gasteiger partial charge in [0.25, 0.3) is 0 Å². The Hall–Kier alpha value is -2.34. The number of imidazole rings is 1. The van der Waals surface area contributed by atoms with E-state index in [2.05, 4.69) is 51.6 Å². The fourth-order valence-electron chi connectivity index (χ4n) is 3.29. The van der Waals surface area contributed by atoms with Crippen molar-refractivity contribution in [1.29, 1.82) is 0 Å². The molecule has 0 aliphatic carbocycles. The number of anilines is 1. The second-order valence-electron chi connectivity index (χ2n) is 6.42. The quantitative estimate of drug-likeness (QED) is 0.732. The molecule has 3 aromatic rings. The number of fused-ring (bicyclic) bond motifs is 1. The van der Waals surface area contributed by atoms with Gasteiger partial charge in [0.2, 0.25) is 5.88 Å². The highest BCUT2D eigenvalue weighted by molar-refractivity contribution is 7.03. The lowest BCUT2D eigenvalue weighted by Crippen LogP contribution is -2.08. The van der Waals surface area contributed by atoms with Crippen LogP contribution in [0, 0.1) is 0 Å². The number of nitrogens with zero attached hydrogens (tertiary/aromatic N) is 3. The summed E-state index contributed by atoms with van der Waals surface area (Å²) < 4.78 is 11.9. The van der Waals surface area contributed by atoms with Gasteiger partial charge in [0, 0.05) is 41.4 Å². The van der Waals surface area contributed by atoms with Crippen molar-refractivity contribution in [2.24, 2.45) is 0 Å². The van der Waals surface area contributed by atoms with Gasteiger partial charge >= 0.3 is 0 Å². The maximum Gasteiger partial charge on any atom is 0.230 e. The summed E-state index contributed by atoms with van der Waals surface area (Å²) in [5.74, 6) is 1.92. The van der Waals surface area contributed by atoms with Crippen molar-refractivity contribution in [1.82, 2.24) is 13.9 Å². The van der Waals surface area contributed by atoms with E-state index in [4.69, 9.17) is 9.72 Å². The van der Waals surface area contributed by atoms with Crippen LogP contribution in [-0.2, 0) is 13.0 Å². The molecule has 1 aliphatic rings. The minimum absolute atomic E-state index is 0.138. The highest BCUT2D eigenvalue weighted by Gasteiger charge is 2.15. The number of nitrogens with one attached hydrogen (secondary N) is 1. The summed E-state index contributed by atoms with van der Waals surface area (Å²) in [6.45, 7) is 3.21. The van der Waals surface area contributed by atoms with Crippen LogP contribution in [0.15, 0.2) is 35.8 Å². The first-order chi connectivity index (χ1) is 12.2. The van der Waals surface area contributed by atoms with Crippen molar-refractivity contribution in [3.05, 3.63) is 47.2 Å². The van der Waals surface area contributed by atoms with E-state index in [9.17, 15) is 0 Å². The van der Waals surface area contributed by atoms with Crippen LogP contribution >= 0.6 is 11.5 Å². The molecule has 1 N–H and O–H groups in total. The molecule has 25 heavy (non-hydrogen) atoms. The molecule has 1 unspecified atom stereocenters. The van der Waals surface area contributed by atoms with Gasteiger partial charge in [0.05, 0.1) is 18.8 Å². The molecule has 0 radical (unpaired) electrons. The predicted octanol–water partition coefficient (Wildman–Crippen LogP) is 4.52. The number of benzene rings is 1. The van der Waals surface area contributed by atoms with E-state index in [0.29, 0.717) is 5.88 Å². The van der Waals surface area contributed by atoms with Crippen molar-refractivity contribution < 1.29 is 4.74 Å². The van der Waals surface area contributed by atoms with Gasteiger partial charge in [-0.3, -0.25) is 0 Å². The normalized spacial score (nSPS) is 14.8. The lowest BCUT2D eigenvalue weighted by atomic mass is 10.1. The second-order valence-corrected chi connectivity index (χ2v) is 7.04. The molecule has 0 saturated carbocycles. The lowest BCUT2D eigenvalue weighted by Gasteiger charge is -2.15. The van der Waals surface area contributed by atoms with E-state index in [-0.39, 0.29) is 6.04 Å². The summed E-state index contributed by atoms with van der Waals surface area (Å²) in [5, 5.41) is 5.54. The molecule has 2 aromatic heterocycles. The van der Waals surface area contributed by atoms with Crippen molar-refractivity contribution in [2.45, 2.75) is 38.8 Å². The number of hydrogen-bond donors (Lipinski definition) is 1. The minimum Gasteiger partial charge on any atom is -0.480 e. The molecule has 0 bridgehead atoms. The summed E-state index contributed by atoms with van der Waals surface area (Å²) in [5.41, 5.74) is 4.39. The van der Waals surface area contributed by atoms with Gasteiger partial charge in [-0.15, -0.1) is 0 Å². The van der Waals surface area contributed by atoms with Gasteiger partial charge in [-0.1, -0.05) is 12.1 Å². The molecule has 4 rings (SSSR count). The molecule has 5 nitrogen and oxygen atoms in total. The molecular formula is C19H22N4OS. The number of rotatable bonds is 5. The zero-order valence-corrected chi connectivity index (χ0v) is 15.3. The van der Waals surface area contributed by atoms with Crippen LogP contribution in [0.4, 0.5) is 5.69 Å². The first-order valence-corrected chi connectivity index (χ1v) is 9.49. The maximum absolute atomic E-state index is 5.31. The van der Waals surface area contributed by atoms with Crippen molar-refractivity contribution >= 4 is 17.2 Å². The Bertz CT molecular complexity index is 829. The summed E-state index contributed by atoms with van der Waals surface area (Å²) in [4.78, 5) is 4.79. The fourth-order valence-corrected chi connectivity index (χ4v) is 4.04. The van der Waals surface area contributed by atoms with E-state index in [0.717, 1.165) is 35.5 Å². The Kier molecular flexibility index (Phi) is 4.44. The third kappa shape index (κ3) is 3.26. The smallest absolute Gasteiger partial charge is 0.230 e. The average Bonchev–Trinajstić information content (AvgIpc) is 3.28. The molecule has 0 saturated heterocycles. The number of hydrogen-bond acceptors (Lipinski definition) is 5. The highest BCUT2D eigenvalue weighted by Crippen LogP contribution is 2.29. The Morgan fingerprint density at radius 1 is 1.24 bits per heavy atom. The summed E-state index contributed by atoms with van der Waals surface area (Å²) in [7, 11) is 1.66. The monoisotopic (exact) mass is 354 g/mol. The van der Waals surface area contributed by atoms with Crippen molar-refractivity contribution in [3.63, 3.8) is 0 Å². The minimum atomic E-state index is 0.138. The van der Waals surface area contributed by atoms with Crippen LogP contribution in [0.5, 0.6) is 5.88 Å². The van der Waals surface area contributed by atoms with E-state index in [1.54, 1.807) is 7.11 Å². The molecule has 0 amide bonds. The summed E-state index contributed by atoms with van der Waals surface area (Å²) in [6.07, 6.45) is 5.78. The third-order valence-corrected chi connectivity index (χ3v) is 5.33. The molecular weight excluding hydrogens is 332 g/mol. The fraction of sp³-hybridized carbons (Fsp3) is 0.368. The SMILES string of the molecule is COc1nscc1C(C)Nc1ccc(-c2cn3c(n2)CCCC3)cc1. The zero-order valence-electron chi connectivity index (χ0n) is 14.5. The third-order valence-electron chi connectivity index (χ3n) is 4.69. The first kappa shape index (κ1) is 16.1. The summed E-state index contributed by atoms with van der Waals surface area (Å²) in [6, 6.07) is 8.62. The first-order valence-electron chi connectivity index (χ1n) is 8.66. The standard InChI is InChI=1S/C19H22N4OS/c1-13(16-12-25-22-19(16)24-2)20-15-8-6-14(7-9-15)17-11-23-10-4-3-5-18(23)21-17/h6-9,11-13,20H,3-5,10H2,1-2H3. The van der Waals surface area contributed by atoms with Crippen LogP contribution in [0.25, 0.3) is 11.3 Å². The molecule has 3 heterocycles. The molecule has 1 aliphatic heterocycles. The Labute approximate surface area is 151 Å². The van der Waals surface area contributed by atoms with Gasteiger partial charge in [-0.05, 0) is 43.4 Å². The van der Waals surface area contributed by atoms with Gasteiger partial charge in [-0.25, -0.2) is 4.98 Å². The van der Waals surface area contributed by atoms with E-state index >= 15 is 0 Å². The Morgan fingerprint density at radius 2 is 2.08 bits per heavy atom. The molecule has 1 aromatic carbocycles. The number of ether oxygens (including phenoxy) is 1. The second kappa shape index (κ2) is 6.88. The maximum atomic E-state index is 5.31. The number of aryl methyl sites for hydroxylation is 2. The highest BCUT2D eigenvalue weighted by atomic mass is 32.1. The molecule has 1 atom stereocenters. The van der Waals surface area contributed by atoms with E-state index in [1.807, 2.05) is 5.38 Å². The topological polar surface area (TPSA) is 52.0 Å². The van der Waals surface area contributed by atoms with Gasteiger partial charge < -0.3 is 14.6 Å². The predicted molar refractivity (Wildman–Crippen MR) is 101 cm³/mol. The van der Waals surface area contributed by atoms with Gasteiger partial charge in [0.1, 0.15) is 5.82 Å². The molecule has 0 fully saturated rings. The Morgan fingerprint density at radius 3 is 2.84 bits per heavy atom. The lowest BCUT2D eigenvalue weighted by molar-refractivity contribution is 0.396. The van der Waals surface area contributed by atoms with Crippen LogP contribution in [-0.4, -0.2) is 21.0 Å². The summed E-state index contributed by atoms with van der Waals surface area (Å²) >= 11 is 1.42. The zero-order chi connectivity index (χ0) is 17.2. The van der Waals surface area contributed by atoms with Gasteiger partial charge in [0.15, 0.2) is 0 Å². The van der Waals surface area contributed by atoms with Gasteiger partial charge in [-0.2, -0.15) is 4.37 Å². The average molecular weight is 354 g/mol. The molecule has 130 valence electrons. The van der Waals surface area contributed by atoms with E-state index in [1.165, 1.54) is 30.2 Å². The molecule has 6 heteroatoms. The number of aromatic nitrogens is 3. The van der Waals surface area contributed by atoms with E-state index < -0.39 is 0 Å². The molecule has 0 spiro atoms. The van der Waals surface area contributed by atoms with Crippen molar-refractivity contribution in [3.8, 4) is 17.1 Å². The largest absolute Gasteiger partial charge is 0.480 e. The van der Waals surface area contributed by atoms with Crippen LogP contribution in [0.2, 0.25) is 0 Å². The number of methoxy groups -OCH3 is 1.